The van der Waals surface area contributed by atoms with Crippen LogP contribution in [0.1, 0.15) is 24.1 Å². The van der Waals surface area contributed by atoms with Gasteiger partial charge >= 0.3 is 5.97 Å². The highest BCUT2D eigenvalue weighted by atomic mass is 79.9. The van der Waals surface area contributed by atoms with Crippen molar-refractivity contribution >= 4 is 33.2 Å². The molecule has 1 fully saturated rings. The van der Waals surface area contributed by atoms with Crippen molar-refractivity contribution in [1.29, 1.82) is 0 Å². The normalized spacial score (nSPS) is 24.7. The zero-order valence-corrected chi connectivity index (χ0v) is 10.1. The van der Waals surface area contributed by atoms with Crippen molar-refractivity contribution in [1.82, 2.24) is 4.98 Å². The lowest BCUT2D eigenvalue weighted by molar-refractivity contribution is -0.144. The molecule has 0 radical (unpaired) electrons. The molecule has 0 amide bonds. The SMILES string of the molecule is CCOC(=O)[C@H]1C[C@@H]1c1cnc(Br)s1. The molecule has 0 N–H and O–H groups in total. The lowest BCUT2D eigenvalue weighted by Gasteiger charge is -1.98. The number of aromatic nitrogens is 1. The van der Waals surface area contributed by atoms with Crippen LogP contribution in [-0.4, -0.2) is 17.6 Å². The standard InChI is InChI=1S/C9H10BrNO2S/c1-2-13-8(12)6-3-5(6)7-4-11-9(10)14-7/h4-6H,2-3H2,1H3/t5-,6-/m0/s1. The van der Waals surface area contributed by atoms with Crippen LogP contribution in [0.5, 0.6) is 0 Å². The molecule has 1 aromatic heterocycles. The first-order valence-electron chi connectivity index (χ1n) is 4.50. The van der Waals surface area contributed by atoms with Crippen LogP contribution in [-0.2, 0) is 9.53 Å². The van der Waals surface area contributed by atoms with Gasteiger partial charge in [0.05, 0.1) is 12.5 Å². The van der Waals surface area contributed by atoms with E-state index in [4.69, 9.17) is 4.74 Å². The number of hydrogen-bond donors (Lipinski definition) is 0. The highest BCUT2D eigenvalue weighted by Crippen LogP contribution is 2.50. The van der Waals surface area contributed by atoms with Gasteiger partial charge in [-0.2, -0.15) is 0 Å². The molecule has 1 heterocycles. The van der Waals surface area contributed by atoms with Crippen LogP contribution >= 0.6 is 27.3 Å². The molecule has 0 aliphatic heterocycles. The van der Waals surface area contributed by atoms with Crippen molar-refractivity contribution in [2.75, 3.05) is 6.61 Å². The minimum absolute atomic E-state index is 0.0676. The Kier molecular flexibility index (Phi) is 2.88. The highest BCUT2D eigenvalue weighted by Gasteiger charge is 2.46. The molecule has 1 aromatic rings. The molecule has 1 saturated carbocycles. The van der Waals surface area contributed by atoms with Crippen LogP contribution in [0.4, 0.5) is 0 Å². The Bertz CT molecular complexity index is 352. The number of thiazole rings is 1. The molecule has 0 unspecified atom stereocenters. The third-order valence-corrected chi connectivity index (χ3v) is 3.85. The van der Waals surface area contributed by atoms with Gasteiger partial charge in [0.1, 0.15) is 0 Å². The number of hydrogen-bond acceptors (Lipinski definition) is 4. The molecule has 1 aliphatic rings. The van der Waals surface area contributed by atoms with Gasteiger partial charge in [-0.3, -0.25) is 4.79 Å². The molecular weight excluding hydrogens is 266 g/mol. The van der Waals surface area contributed by atoms with Gasteiger partial charge in [-0.25, -0.2) is 4.98 Å². The van der Waals surface area contributed by atoms with Crippen molar-refractivity contribution in [2.45, 2.75) is 19.3 Å². The molecule has 2 rings (SSSR count). The number of esters is 1. The second-order valence-electron chi connectivity index (χ2n) is 3.22. The van der Waals surface area contributed by atoms with Gasteiger partial charge in [0.25, 0.3) is 0 Å². The average Bonchev–Trinajstić information content (AvgIpc) is 2.84. The lowest BCUT2D eigenvalue weighted by atomic mass is 10.3. The predicted molar refractivity (Wildman–Crippen MR) is 57.3 cm³/mol. The van der Waals surface area contributed by atoms with E-state index in [0.29, 0.717) is 12.5 Å². The molecule has 0 aromatic carbocycles. The number of carbonyl (C=O) groups excluding carboxylic acids is 1. The van der Waals surface area contributed by atoms with Crippen LogP contribution in [0.2, 0.25) is 0 Å². The van der Waals surface area contributed by atoms with Gasteiger partial charge in [-0.1, -0.05) is 0 Å². The first-order valence-corrected chi connectivity index (χ1v) is 6.11. The van der Waals surface area contributed by atoms with Crippen molar-refractivity contribution < 1.29 is 9.53 Å². The summed E-state index contributed by atoms with van der Waals surface area (Å²) in [6, 6.07) is 0. The van der Waals surface area contributed by atoms with E-state index in [1.165, 1.54) is 4.88 Å². The molecular formula is C9H10BrNO2S. The van der Waals surface area contributed by atoms with Crippen LogP contribution in [0.3, 0.4) is 0 Å². The number of carbonyl (C=O) groups is 1. The number of halogens is 1. The van der Waals surface area contributed by atoms with Crippen molar-refractivity contribution in [2.24, 2.45) is 5.92 Å². The monoisotopic (exact) mass is 275 g/mol. The highest BCUT2D eigenvalue weighted by molar-refractivity contribution is 9.11. The van der Waals surface area contributed by atoms with E-state index in [0.717, 1.165) is 10.3 Å². The fourth-order valence-corrected chi connectivity index (χ4v) is 2.94. The van der Waals surface area contributed by atoms with E-state index in [1.807, 2.05) is 13.1 Å². The van der Waals surface area contributed by atoms with E-state index in [2.05, 4.69) is 20.9 Å². The minimum atomic E-state index is -0.0676. The van der Waals surface area contributed by atoms with Gasteiger partial charge in [0, 0.05) is 17.0 Å². The Morgan fingerprint density at radius 2 is 2.64 bits per heavy atom. The fraction of sp³-hybridized carbons (Fsp3) is 0.556. The van der Waals surface area contributed by atoms with Gasteiger partial charge in [0.2, 0.25) is 0 Å². The molecule has 76 valence electrons. The van der Waals surface area contributed by atoms with Gasteiger partial charge in [-0.05, 0) is 29.3 Å². The molecule has 14 heavy (non-hydrogen) atoms. The van der Waals surface area contributed by atoms with Gasteiger partial charge in [-0.15, -0.1) is 11.3 Å². The Labute approximate surface area is 94.6 Å². The summed E-state index contributed by atoms with van der Waals surface area (Å²) in [6.07, 6.45) is 2.74. The molecule has 0 saturated heterocycles. The summed E-state index contributed by atoms with van der Waals surface area (Å²) in [7, 11) is 0. The maximum atomic E-state index is 11.3. The Balaban J connectivity index is 1.96. The topological polar surface area (TPSA) is 39.2 Å². The molecule has 1 aliphatic carbocycles. The van der Waals surface area contributed by atoms with Crippen molar-refractivity contribution in [3.05, 3.63) is 15.0 Å². The van der Waals surface area contributed by atoms with E-state index in [1.54, 1.807) is 11.3 Å². The zero-order valence-electron chi connectivity index (χ0n) is 7.70. The quantitative estimate of drug-likeness (QED) is 0.796. The molecule has 3 nitrogen and oxygen atoms in total. The van der Waals surface area contributed by atoms with Crippen LogP contribution < -0.4 is 0 Å². The first-order chi connectivity index (χ1) is 6.72. The Morgan fingerprint density at radius 1 is 1.86 bits per heavy atom. The van der Waals surface area contributed by atoms with E-state index < -0.39 is 0 Å². The number of ether oxygens (including phenoxy) is 1. The predicted octanol–water partition coefficient (Wildman–Crippen LogP) is 2.57. The summed E-state index contributed by atoms with van der Waals surface area (Å²) in [5, 5.41) is 0. The summed E-state index contributed by atoms with van der Waals surface area (Å²) in [4.78, 5) is 16.6. The molecule has 0 bridgehead atoms. The van der Waals surface area contributed by atoms with Gasteiger partial charge < -0.3 is 4.74 Å². The summed E-state index contributed by atoms with van der Waals surface area (Å²) in [5.41, 5.74) is 0. The maximum Gasteiger partial charge on any atom is 0.309 e. The molecule has 2 atom stereocenters. The average molecular weight is 276 g/mol. The summed E-state index contributed by atoms with van der Waals surface area (Å²) in [5.74, 6) is 0.349. The van der Waals surface area contributed by atoms with Crippen LogP contribution in [0.25, 0.3) is 0 Å². The Hall–Kier alpha value is -0.420. The lowest BCUT2D eigenvalue weighted by Crippen LogP contribution is -2.06. The zero-order chi connectivity index (χ0) is 10.1. The smallest absolute Gasteiger partial charge is 0.309 e. The van der Waals surface area contributed by atoms with Crippen molar-refractivity contribution in [3.8, 4) is 0 Å². The van der Waals surface area contributed by atoms with Crippen LogP contribution in [0, 0.1) is 5.92 Å². The minimum Gasteiger partial charge on any atom is -0.466 e. The molecule has 5 heteroatoms. The Morgan fingerprint density at radius 3 is 3.21 bits per heavy atom. The van der Waals surface area contributed by atoms with E-state index in [-0.39, 0.29) is 11.9 Å². The number of nitrogens with zero attached hydrogens (tertiary/aromatic N) is 1. The third kappa shape index (κ3) is 1.98. The first kappa shape index (κ1) is 10.1. The van der Waals surface area contributed by atoms with Crippen molar-refractivity contribution in [3.63, 3.8) is 0 Å². The fourth-order valence-electron chi connectivity index (χ4n) is 1.45. The summed E-state index contributed by atoms with van der Waals surface area (Å²) >= 11 is 4.90. The van der Waals surface area contributed by atoms with Gasteiger partial charge in [0.15, 0.2) is 3.92 Å². The van der Waals surface area contributed by atoms with E-state index in [9.17, 15) is 4.79 Å². The third-order valence-electron chi connectivity index (χ3n) is 2.24. The summed E-state index contributed by atoms with van der Waals surface area (Å²) < 4.78 is 5.83. The summed E-state index contributed by atoms with van der Waals surface area (Å²) in [6.45, 7) is 2.30. The second kappa shape index (κ2) is 3.98. The van der Waals surface area contributed by atoms with Crippen LogP contribution in [0.15, 0.2) is 10.1 Å². The number of rotatable bonds is 3. The molecule has 0 spiro atoms. The maximum absolute atomic E-state index is 11.3. The van der Waals surface area contributed by atoms with E-state index >= 15 is 0 Å². The second-order valence-corrected chi connectivity index (χ2v) is 5.55. The largest absolute Gasteiger partial charge is 0.466 e.